The fraction of sp³-hybridized carbons (Fsp3) is 0.292. The van der Waals surface area contributed by atoms with Crippen LogP contribution in [0.25, 0.3) is 0 Å². The van der Waals surface area contributed by atoms with Gasteiger partial charge < -0.3 is 19.9 Å². The first-order valence-electron chi connectivity index (χ1n) is 11.3. The third-order valence-corrected chi connectivity index (χ3v) is 7.02. The Bertz CT molecular complexity index is 1360. The topological polar surface area (TPSA) is 114 Å². The quantitative estimate of drug-likeness (QED) is 0.285. The highest BCUT2D eigenvalue weighted by Gasteiger charge is 2.36. The molecule has 3 N–H and O–H groups in total. The smallest absolute Gasteiger partial charge is 0.421 e. The van der Waals surface area contributed by atoms with Gasteiger partial charge in [0, 0.05) is 29.0 Å². The van der Waals surface area contributed by atoms with Gasteiger partial charge in [-0.15, -0.1) is 0 Å². The van der Waals surface area contributed by atoms with E-state index in [1.54, 1.807) is 43.3 Å². The maximum Gasteiger partial charge on any atom is 0.421 e. The fourth-order valence-electron chi connectivity index (χ4n) is 3.83. The Labute approximate surface area is 211 Å². The molecule has 1 unspecified atom stereocenters. The predicted molar refractivity (Wildman–Crippen MR) is 133 cm³/mol. The molecule has 0 spiro atoms. The maximum atomic E-state index is 13.7. The lowest BCUT2D eigenvalue weighted by molar-refractivity contribution is -0.137. The van der Waals surface area contributed by atoms with Gasteiger partial charge in [0.05, 0.1) is 12.3 Å². The Balaban J connectivity index is 1.60. The molecule has 3 aromatic rings. The number of alkyl halides is 3. The van der Waals surface area contributed by atoms with Crippen LogP contribution in [-0.4, -0.2) is 42.0 Å². The Morgan fingerprint density at radius 3 is 2.65 bits per heavy atom. The number of benzene rings is 2. The molecule has 9 nitrogen and oxygen atoms in total. The third-order valence-electron chi connectivity index (χ3n) is 5.47. The SMILES string of the molecule is CCONC(=O)c1cccc2c1CC(Nc1ncc(C(F)(F)F)c(Nc3ccccc3P(C)(C)=O)n1)O2. The molecule has 4 rings (SSSR count). The number of halogens is 3. The second-order valence-corrected chi connectivity index (χ2v) is 11.7. The van der Waals surface area contributed by atoms with E-state index >= 15 is 0 Å². The molecule has 0 radical (unpaired) electrons. The molecule has 0 bridgehead atoms. The van der Waals surface area contributed by atoms with Crippen LogP contribution in [0.4, 0.5) is 30.6 Å². The van der Waals surface area contributed by atoms with Crippen molar-refractivity contribution in [3.05, 3.63) is 65.4 Å². The van der Waals surface area contributed by atoms with Gasteiger partial charge in [0.15, 0.2) is 6.23 Å². The molecule has 2 aromatic carbocycles. The van der Waals surface area contributed by atoms with Crippen molar-refractivity contribution in [3.63, 3.8) is 0 Å². The molecule has 0 saturated carbocycles. The Morgan fingerprint density at radius 2 is 1.95 bits per heavy atom. The van der Waals surface area contributed by atoms with E-state index in [-0.39, 0.29) is 18.1 Å². The van der Waals surface area contributed by atoms with Crippen molar-refractivity contribution in [2.24, 2.45) is 0 Å². The highest BCUT2D eigenvalue weighted by atomic mass is 31.2. The molecule has 37 heavy (non-hydrogen) atoms. The van der Waals surface area contributed by atoms with Crippen molar-refractivity contribution < 1.29 is 32.1 Å². The summed E-state index contributed by atoms with van der Waals surface area (Å²) in [6.07, 6.45) is -4.57. The first-order valence-corrected chi connectivity index (χ1v) is 13.9. The molecule has 196 valence electrons. The van der Waals surface area contributed by atoms with E-state index in [1.165, 1.54) is 19.4 Å². The monoisotopic (exact) mass is 535 g/mol. The minimum Gasteiger partial charge on any atom is -0.470 e. The first-order chi connectivity index (χ1) is 17.5. The summed E-state index contributed by atoms with van der Waals surface area (Å²) in [5, 5.41) is 5.96. The van der Waals surface area contributed by atoms with Crippen LogP contribution in [-0.2, 0) is 22.0 Å². The molecule has 13 heteroatoms. The lowest BCUT2D eigenvalue weighted by Gasteiger charge is -2.19. The van der Waals surface area contributed by atoms with E-state index < -0.39 is 36.8 Å². The number of hydrogen-bond acceptors (Lipinski definition) is 8. The number of ether oxygens (including phenoxy) is 1. The number of nitrogens with zero attached hydrogens (tertiary/aromatic N) is 2. The van der Waals surface area contributed by atoms with Gasteiger partial charge in [0.25, 0.3) is 5.91 Å². The lowest BCUT2D eigenvalue weighted by atomic mass is 10.0. The van der Waals surface area contributed by atoms with E-state index in [4.69, 9.17) is 9.57 Å². The first kappa shape index (κ1) is 26.4. The number of aromatic nitrogens is 2. The van der Waals surface area contributed by atoms with Gasteiger partial charge in [-0.2, -0.15) is 18.2 Å². The normalized spacial score (nSPS) is 15.0. The molecule has 1 aromatic heterocycles. The Hall–Kier alpha value is -3.63. The zero-order valence-corrected chi connectivity index (χ0v) is 21.1. The standard InChI is InChI=1S/C24H25F3N5O4P/c1-4-35-32-22(33)14-8-7-10-18-15(14)12-20(36-18)30-23-28-13-16(24(25,26)27)21(31-23)29-17-9-5-6-11-19(17)37(2,3)34/h5-11,13,20H,4,12H2,1-3H3,(H,32,33)(H2,28,29,30,31). The molecule has 0 saturated heterocycles. The average Bonchev–Trinajstić information content (AvgIpc) is 3.24. The van der Waals surface area contributed by atoms with Gasteiger partial charge in [0.1, 0.15) is 24.3 Å². The van der Waals surface area contributed by atoms with Gasteiger partial charge in [-0.3, -0.25) is 9.63 Å². The minimum atomic E-state index is -4.74. The van der Waals surface area contributed by atoms with Crippen LogP contribution in [0.2, 0.25) is 0 Å². The number of amides is 1. The number of nitrogens with one attached hydrogen (secondary N) is 3. The van der Waals surface area contributed by atoms with Crippen molar-refractivity contribution in [2.45, 2.75) is 25.7 Å². The van der Waals surface area contributed by atoms with E-state index in [0.29, 0.717) is 35.0 Å². The fourth-order valence-corrected chi connectivity index (χ4v) is 4.98. The second-order valence-electron chi connectivity index (χ2n) is 8.55. The molecule has 1 atom stereocenters. The molecule has 1 aliphatic rings. The summed E-state index contributed by atoms with van der Waals surface area (Å²) in [7, 11) is -2.80. The Kier molecular flexibility index (Phi) is 7.42. The average molecular weight is 535 g/mol. The van der Waals surface area contributed by atoms with Crippen LogP contribution < -0.4 is 26.2 Å². The summed E-state index contributed by atoms with van der Waals surface area (Å²) in [6, 6.07) is 11.4. The van der Waals surface area contributed by atoms with Crippen LogP contribution in [0.15, 0.2) is 48.7 Å². The van der Waals surface area contributed by atoms with Crippen molar-refractivity contribution in [3.8, 4) is 5.75 Å². The zero-order chi connectivity index (χ0) is 26.8. The number of carbonyl (C=O) groups is 1. The van der Waals surface area contributed by atoms with E-state index in [0.717, 1.165) is 0 Å². The van der Waals surface area contributed by atoms with Crippen LogP contribution in [0, 0.1) is 0 Å². The summed E-state index contributed by atoms with van der Waals surface area (Å²) in [6.45, 7) is 5.08. The zero-order valence-electron chi connectivity index (χ0n) is 20.2. The molecular weight excluding hydrogens is 510 g/mol. The highest BCUT2D eigenvalue weighted by Crippen LogP contribution is 2.40. The van der Waals surface area contributed by atoms with Gasteiger partial charge >= 0.3 is 6.18 Å². The second kappa shape index (κ2) is 10.4. The summed E-state index contributed by atoms with van der Waals surface area (Å²) in [5.74, 6) is -0.619. The van der Waals surface area contributed by atoms with Crippen molar-refractivity contribution >= 4 is 35.8 Å². The predicted octanol–water partition coefficient (Wildman–Crippen LogP) is 4.54. The number of hydroxylamine groups is 1. The van der Waals surface area contributed by atoms with E-state index in [2.05, 4.69) is 26.1 Å². The molecule has 1 amide bonds. The van der Waals surface area contributed by atoms with E-state index in [1.807, 2.05) is 0 Å². The third kappa shape index (κ3) is 6.03. The van der Waals surface area contributed by atoms with Gasteiger partial charge in [-0.05, 0) is 44.5 Å². The molecule has 1 aliphatic heterocycles. The summed E-state index contributed by atoms with van der Waals surface area (Å²) >= 11 is 0. The number of fused-ring (bicyclic) bond motifs is 1. The number of hydrogen-bond donors (Lipinski definition) is 3. The molecule has 0 aliphatic carbocycles. The van der Waals surface area contributed by atoms with Crippen molar-refractivity contribution in [1.29, 1.82) is 0 Å². The molecular formula is C24H25F3N5O4P. The summed E-state index contributed by atoms with van der Waals surface area (Å²) < 4.78 is 59.7. The van der Waals surface area contributed by atoms with Crippen LogP contribution in [0.1, 0.15) is 28.4 Å². The highest BCUT2D eigenvalue weighted by molar-refractivity contribution is 7.70. The van der Waals surface area contributed by atoms with Gasteiger partial charge in [0.2, 0.25) is 5.95 Å². The van der Waals surface area contributed by atoms with Gasteiger partial charge in [-0.1, -0.05) is 18.2 Å². The summed E-state index contributed by atoms with van der Waals surface area (Å²) in [4.78, 5) is 25.3. The van der Waals surface area contributed by atoms with Crippen LogP contribution in [0.3, 0.4) is 0 Å². The number of anilines is 3. The number of carbonyl (C=O) groups excluding carboxylic acids is 1. The Morgan fingerprint density at radius 1 is 1.19 bits per heavy atom. The minimum absolute atomic E-state index is 0.123. The van der Waals surface area contributed by atoms with Crippen LogP contribution in [0.5, 0.6) is 5.75 Å². The van der Waals surface area contributed by atoms with Crippen molar-refractivity contribution in [2.75, 3.05) is 30.6 Å². The van der Waals surface area contributed by atoms with Crippen LogP contribution >= 0.6 is 7.14 Å². The molecule has 2 heterocycles. The largest absolute Gasteiger partial charge is 0.470 e. The van der Waals surface area contributed by atoms with E-state index in [9.17, 15) is 22.5 Å². The summed E-state index contributed by atoms with van der Waals surface area (Å²) in [5.41, 5.74) is 2.46. The van der Waals surface area contributed by atoms with Crippen molar-refractivity contribution in [1.82, 2.24) is 15.4 Å². The number of rotatable bonds is 8. The lowest BCUT2D eigenvalue weighted by Crippen LogP contribution is -2.27. The van der Waals surface area contributed by atoms with Gasteiger partial charge in [-0.25, -0.2) is 10.5 Å². The maximum absolute atomic E-state index is 13.7. The number of para-hydroxylation sites is 1. The molecule has 0 fully saturated rings.